The monoisotopic (exact) mass is 579 g/mol. The quantitative estimate of drug-likeness (QED) is 0.287. The Bertz CT molecular complexity index is 1620. The lowest BCUT2D eigenvalue weighted by atomic mass is 9.57. The molecule has 2 aromatic carbocycles. The van der Waals surface area contributed by atoms with Crippen LogP contribution in [0.5, 0.6) is 11.5 Å². The van der Waals surface area contributed by atoms with Crippen molar-refractivity contribution in [3.05, 3.63) is 51.8 Å². The molecule has 5 rings (SSSR count). The molecule has 0 aliphatic heterocycles. The van der Waals surface area contributed by atoms with Crippen LogP contribution >= 0.6 is 0 Å². The molecule has 42 heavy (non-hydrogen) atoms. The number of hydrogen-bond donors (Lipinski definition) is 6. The molecule has 11 heteroatoms. The summed E-state index contributed by atoms with van der Waals surface area (Å²) in [6.45, 7) is 6.62. The summed E-state index contributed by atoms with van der Waals surface area (Å²) in [7, 11) is 4.61. The number of Topliss-reactive ketones (excluding diaryl/α,β-unsaturated/α-hetero) is 2. The number of methoxy groups -OCH3 is 1. The summed E-state index contributed by atoms with van der Waals surface area (Å²) in [6, 6.07) is 4.40. The van der Waals surface area contributed by atoms with Crippen molar-refractivity contribution >= 4 is 34.0 Å². The van der Waals surface area contributed by atoms with E-state index in [1.807, 2.05) is 32.9 Å². The second-order valence-electron chi connectivity index (χ2n) is 12.7. The van der Waals surface area contributed by atoms with Crippen LogP contribution in [0.2, 0.25) is 0 Å². The first-order valence-electron chi connectivity index (χ1n) is 13.8. The minimum absolute atomic E-state index is 0.00318. The standard InChI is InChI=1S/C31H37N3O8/c1-30(2,3)33-12-13-7-8-15-16(9-13)23(35)20-17(26(15)42-6)10-14-11-18-22(34(4)5)25(37)21(29(32)40)28(39)31(18,41)27(38)19(14)24(20)36/h7-9,14,18,22,33,35-36,39,41H,10-12H2,1-6H3,(H2,32,40)/t14-,18-,22-,31-/m0/s1. The van der Waals surface area contributed by atoms with Crippen LogP contribution in [-0.2, 0) is 27.3 Å². The van der Waals surface area contributed by atoms with E-state index >= 15 is 0 Å². The molecule has 0 spiro atoms. The Hall–Kier alpha value is -3.93. The van der Waals surface area contributed by atoms with E-state index in [2.05, 4.69) is 5.32 Å². The largest absolute Gasteiger partial charge is 0.508 e. The third kappa shape index (κ3) is 4.18. The predicted molar refractivity (Wildman–Crippen MR) is 155 cm³/mol. The fourth-order valence-corrected chi connectivity index (χ4v) is 6.83. The van der Waals surface area contributed by atoms with Crippen molar-refractivity contribution in [2.45, 2.75) is 57.3 Å². The number of ketones is 2. The summed E-state index contributed by atoms with van der Waals surface area (Å²) in [5.41, 5.74) is 2.86. The number of phenolic OH excluding ortho intramolecular Hbond substituents is 1. The number of benzene rings is 2. The number of hydrogen-bond acceptors (Lipinski definition) is 10. The molecule has 1 saturated carbocycles. The van der Waals surface area contributed by atoms with E-state index in [9.17, 15) is 34.8 Å². The first-order valence-corrected chi connectivity index (χ1v) is 13.8. The number of aliphatic hydroxyl groups is 3. The van der Waals surface area contributed by atoms with Crippen molar-refractivity contribution in [2.75, 3.05) is 21.2 Å². The van der Waals surface area contributed by atoms with Crippen LogP contribution in [0.4, 0.5) is 0 Å². The Labute approximate surface area is 243 Å². The second kappa shape index (κ2) is 9.82. The minimum Gasteiger partial charge on any atom is -0.508 e. The van der Waals surface area contributed by atoms with Gasteiger partial charge in [0.25, 0.3) is 5.91 Å². The van der Waals surface area contributed by atoms with Gasteiger partial charge in [-0.25, -0.2) is 0 Å². The fourth-order valence-electron chi connectivity index (χ4n) is 6.83. The molecular weight excluding hydrogens is 542 g/mol. The van der Waals surface area contributed by atoms with Crippen LogP contribution in [0.1, 0.15) is 43.9 Å². The van der Waals surface area contributed by atoms with Gasteiger partial charge in [-0.2, -0.15) is 0 Å². The lowest BCUT2D eigenvalue weighted by Crippen LogP contribution is -2.65. The van der Waals surface area contributed by atoms with Crippen molar-refractivity contribution in [1.29, 1.82) is 0 Å². The van der Waals surface area contributed by atoms with E-state index in [4.69, 9.17) is 10.5 Å². The molecule has 4 atom stereocenters. The molecule has 0 bridgehead atoms. The molecule has 1 amide bonds. The molecule has 3 aliphatic rings. The Morgan fingerprint density at radius 1 is 1.17 bits per heavy atom. The van der Waals surface area contributed by atoms with Crippen molar-refractivity contribution in [1.82, 2.24) is 10.2 Å². The average Bonchev–Trinajstić information content (AvgIpc) is 2.89. The Morgan fingerprint density at radius 3 is 2.40 bits per heavy atom. The van der Waals surface area contributed by atoms with Gasteiger partial charge in [0.05, 0.1) is 18.7 Å². The molecule has 1 fully saturated rings. The van der Waals surface area contributed by atoms with Gasteiger partial charge in [-0.3, -0.25) is 19.3 Å². The summed E-state index contributed by atoms with van der Waals surface area (Å²) in [4.78, 5) is 41.0. The van der Waals surface area contributed by atoms with E-state index < -0.39 is 58.0 Å². The Morgan fingerprint density at radius 2 is 1.83 bits per heavy atom. The number of fused-ring (bicyclic) bond motifs is 4. The van der Waals surface area contributed by atoms with Gasteiger partial charge in [-0.15, -0.1) is 0 Å². The van der Waals surface area contributed by atoms with Crippen LogP contribution in [0.3, 0.4) is 0 Å². The van der Waals surface area contributed by atoms with Gasteiger partial charge >= 0.3 is 0 Å². The van der Waals surface area contributed by atoms with Gasteiger partial charge in [0.15, 0.2) is 11.4 Å². The zero-order valence-electron chi connectivity index (χ0n) is 24.5. The number of primary amides is 1. The Balaban J connectivity index is 1.73. The van der Waals surface area contributed by atoms with Gasteiger partial charge in [0.2, 0.25) is 5.78 Å². The summed E-state index contributed by atoms with van der Waals surface area (Å²) >= 11 is 0. The minimum atomic E-state index is -2.69. The smallest absolute Gasteiger partial charge is 0.255 e. The third-order valence-corrected chi connectivity index (χ3v) is 8.74. The second-order valence-corrected chi connectivity index (χ2v) is 12.7. The highest BCUT2D eigenvalue weighted by atomic mass is 16.5. The number of carbonyl (C=O) groups is 3. The molecule has 2 aromatic rings. The summed E-state index contributed by atoms with van der Waals surface area (Å²) in [5.74, 6) is -6.45. The third-order valence-electron chi connectivity index (χ3n) is 8.74. The topological polar surface area (TPSA) is 183 Å². The number of aliphatic hydroxyl groups excluding tert-OH is 2. The molecule has 0 unspecified atom stereocenters. The maximum Gasteiger partial charge on any atom is 0.255 e. The first-order chi connectivity index (χ1) is 19.5. The highest BCUT2D eigenvalue weighted by molar-refractivity contribution is 6.24. The molecule has 0 heterocycles. The summed E-state index contributed by atoms with van der Waals surface area (Å²) in [6.07, 6.45) is 0.152. The molecule has 0 saturated heterocycles. The van der Waals surface area contributed by atoms with Crippen molar-refractivity contribution in [3.63, 3.8) is 0 Å². The van der Waals surface area contributed by atoms with Gasteiger partial charge in [-0.05, 0) is 65.3 Å². The van der Waals surface area contributed by atoms with Crippen molar-refractivity contribution < 1.29 is 39.5 Å². The number of likely N-dealkylation sites (N-methyl/N-ethyl adjacent to an activating group) is 1. The highest BCUT2D eigenvalue weighted by Gasteiger charge is 2.64. The number of rotatable bonds is 5. The molecular formula is C31H37N3O8. The van der Waals surface area contributed by atoms with Crippen LogP contribution in [0, 0.1) is 11.8 Å². The lowest BCUT2D eigenvalue weighted by Gasteiger charge is -2.50. The molecule has 0 radical (unpaired) electrons. The van der Waals surface area contributed by atoms with Gasteiger partial charge in [0, 0.05) is 39.9 Å². The molecule has 224 valence electrons. The van der Waals surface area contributed by atoms with E-state index in [1.165, 1.54) is 12.0 Å². The van der Waals surface area contributed by atoms with Gasteiger partial charge in [-0.1, -0.05) is 12.1 Å². The van der Waals surface area contributed by atoms with Crippen molar-refractivity contribution in [3.8, 4) is 11.5 Å². The Kier molecular flexibility index (Phi) is 6.91. The number of nitrogens with one attached hydrogen (secondary N) is 1. The predicted octanol–water partition coefficient (Wildman–Crippen LogP) is 2.01. The summed E-state index contributed by atoms with van der Waals surface area (Å²) < 4.78 is 5.79. The number of phenols is 1. The molecule has 7 N–H and O–H groups in total. The first kappa shape index (κ1) is 29.6. The maximum atomic E-state index is 14.1. The summed E-state index contributed by atoms with van der Waals surface area (Å²) in [5, 5.41) is 50.4. The number of nitrogens with two attached hydrogens (primary N) is 1. The van der Waals surface area contributed by atoms with E-state index in [0.29, 0.717) is 28.6 Å². The lowest BCUT2D eigenvalue weighted by molar-refractivity contribution is -0.153. The van der Waals surface area contributed by atoms with Gasteiger partial charge in [0.1, 0.15) is 28.6 Å². The van der Waals surface area contributed by atoms with E-state index in [1.54, 1.807) is 20.2 Å². The maximum absolute atomic E-state index is 14.1. The van der Waals surface area contributed by atoms with Gasteiger partial charge < -0.3 is 36.2 Å². The fraction of sp³-hybridized carbons (Fsp3) is 0.452. The zero-order valence-corrected chi connectivity index (χ0v) is 24.5. The van der Waals surface area contributed by atoms with E-state index in [0.717, 1.165) is 5.56 Å². The average molecular weight is 580 g/mol. The number of aromatic hydroxyl groups is 1. The van der Waals surface area contributed by atoms with Crippen LogP contribution in [0.25, 0.3) is 16.5 Å². The van der Waals surface area contributed by atoms with Crippen molar-refractivity contribution in [2.24, 2.45) is 17.6 Å². The number of nitrogens with zero attached hydrogens (tertiary/aromatic N) is 1. The molecule has 0 aromatic heterocycles. The zero-order chi connectivity index (χ0) is 31.0. The molecule has 11 nitrogen and oxygen atoms in total. The van der Waals surface area contributed by atoms with E-state index in [-0.39, 0.29) is 35.3 Å². The number of ether oxygens (including phenoxy) is 1. The number of carbonyl (C=O) groups excluding carboxylic acids is 3. The van der Waals surface area contributed by atoms with Crippen LogP contribution < -0.4 is 15.8 Å². The highest BCUT2D eigenvalue weighted by Crippen LogP contribution is 2.55. The SMILES string of the molecule is COc1c2c(c(O)c3cc(CNC(C)(C)C)ccc13)C(O)=C1C(=O)[C@]3(O)C(O)=C(C(N)=O)C(=O)[C@@H](N(C)C)[C@@H]3C[C@@H]1C2. The molecule has 3 aliphatic carbocycles. The number of amides is 1. The van der Waals surface area contributed by atoms with Crippen LogP contribution in [-0.4, -0.2) is 81.2 Å². The normalized spacial score (nSPS) is 26.0. The van der Waals surface area contributed by atoms with Crippen LogP contribution in [0.15, 0.2) is 35.1 Å².